The molecule has 0 saturated heterocycles. The Morgan fingerprint density at radius 2 is 1.83 bits per heavy atom. The van der Waals surface area contributed by atoms with Crippen LogP contribution in [0.5, 0.6) is 0 Å². The molecule has 1 amide bonds. The predicted octanol–water partition coefficient (Wildman–Crippen LogP) is 3.52. The van der Waals surface area contributed by atoms with Crippen molar-refractivity contribution >= 4 is 17.3 Å². The molecule has 0 heterocycles. The minimum absolute atomic E-state index is 0.0508. The van der Waals surface area contributed by atoms with Gasteiger partial charge in [-0.15, -0.1) is 0 Å². The number of benzene rings is 2. The Kier molecular flexibility index (Phi) is 6.03. The first kappa shape index (κ1) is 17.6. The number of rotatable bonds is 7. The molecule has 6 heteroatoms. The van der Waals surface area contributed by atoms with Crippen LogP contribution in [0, 0.1) is 16.0 Å². The van der Waals surface area contributed by atoms with E-state index in [1.165, 1.54) is 12.1 Å². The van der Waals surface area contributed by atoms with E-state index in [0.29, 0.717) is 11.6 Å². The number of nitro benzene ring substituents is 1. The highest BCUT2D eigenvalue weighted by Gasteiger charge is 2.16. The van der Waals surface area contributed by atoms with Crippen molar-refractivity contribution < 1.29 is 9.72 Å². The summed E-state index contributed by atoms with van der Waals surface area (Å²) in [5.41, 5.74) is 1.48. The maximum Gasteiger partial charge on any atom is 0.271 e. The van der Waals surface area contributed by atoms with Crippen LogP contribution in [0.25, 0.3) is 0 Å². The summed E-state index contributed by atoms with van der Waals surface area (Å²) in [7, 11) is 0. The second-order valence-electron chi connectivity index (χ2n) is 5.87. The van der Waals surface area contributed by atoms with Gasteiger partial charge in [0, 0.05) is 23.9 Å². The highest BCUT2D eigenvalue weighted by atomic mass is 16.6. The first-order valence-corrected chi connectivity index (χ1v) is 7.80. The molecule has 0 saturated carbocycles. The molecule has 2 aromatic rings. The number of hydrogen-bond acceptors (Lipinski definition) is 4. The number of anilines is 1. The molecule has 2 rings (SSSR count). The first-order valence-electron chi connectivity index (χ1n) is 7.80. The predicted molar refractivity (Wildman–Crippen MR) is 93.7 cm³/mol. The number of non-ortho nitro benzene ring substituents is 1. The molecular weight excluding hydrogens is 306 g/mol. The number of amides is 1. The summed E-state index contributed by atoms with van der Waals surface area (Å²) in [6.45, 7) is 4.30. The SMILES string of the molecule is CC(C)[C@H](NCC(=O)Nc1cccc([N+](=O)[O-])c1)c1ccccc1. The van der Waals surface area contributed by atoms with Crippen LogP contribution in [0.3, 0.4) is 0 Å². The smallest absolute Gasteiger partial charge is 0.271 e. The monoisotopic (exact) mass is 327 g/mol. The molecule has 0 bridgehead atoms. The van der Waals surface area contributed by atoms with Crippen LogP contribution in [0.15, 0.2) is 54.6 Å². The van der Waals surface area contributed by atoms with E-state index >= 15 is 0 Å². The molecule has 2 aromatic carbocycles. The summed E-state index contributed by atoms with van der Waals surface area (Å²) >= 11 is 0. The van der Waals surface area contributed by atoms with Gasteiger partial charge in [-0.2, -0.15) is 0 Å². The third-order valence-corrected chi connectivity index (χ3v) is 3.65. The second kappa shape index (κ2) is 8.21. The summed E-state index contributed by atoms with van der Waals surface area (Å²) in [6, 6.07) is 15.9. The van der Waals surface area contributed by atoms with E-state index in [4.69, 9.17) is 0 Å². The molecular formula is C18H21N3O3. The third-order valence-electron chi connectivity index (χ3n) is 3.65. The minimum atomic E-state index is -0.488. The molecule has 0 aliphatic carbocycles. The summed E-state index contributed by atoms with van der Waals surface area (Å²) in [5, 5.41) is 16.7. The molecule has 2 N–H and O–H groups in total. The Hall–Kier alpha value is -2.73. The van der Waals surface area contributed by atoms with E-state index in [-0.39, 0.29) is 24.2 Å². The fourth-order valence-corrected chi connectivity index (χ4v) is 2.50. The van der Waals surface area contributed by atoms with Crippen molar-refractivity contribution in [1.82, 2.24) is 5.32 Å². The lowest BCUT2D eigenvalue weighted by molar-refractivity contribution is -0.384. The van der Waals surface area contributed by atoms with Gasteiger partial charge in [0.1, 0.15) is 0 Å². The van der Waals surface area contributed by atoms with E-state index < -0.39 is 4.92 Å². The molecule has 0 spiro atoms. The van der Waals surface area contributed by atoms with Crippen molar-refractivity contribution in [3.63, 3.8) is 0 Å². The largest absolute Gasteiger partial charge is 0.325 e. The van der Waals surface area contributed by atoms with Crippen LogP contribution in [0.2, 0.25) is 0 Å². The fraction of sp³-hybridized carbons (Fsp3) is 0.278. The summed E-state index contributed by atoms with van der Waals surface area (Å²) in [4.78, 5) is 22.4. The summed E-state index contributed by atoms with van der Waals surface area (Å²) < 4.78 is 0. The lowest BCUT2D eigenvalue weighted by Crippen LogP contribution is -2.33. The number of nitrogens with zero attached hydrogens (tertiary/aromatic N) is 1. The molecule has 0 unspecified atom stereocenters. The zero-order chi connectivity index (χ0) is 17.5. The lowest BCUT2D eigenvalue weighted by atomic mass is 9.96. The first-order chi connectivity index (χ1) is 11.5. The molecule has 0 radical (unpaired) electrons. The van der Waals surface area contributed by atoms with Gasteiger partial charge >= 0.3 is 0 Å². The van der Waals surface area contributed by atoms with Crippen LogP contribution in [-0.4, -0.2) is 17.4 Å². The van der Waals surface area contributed by atoms with Crippen molar-refractivity contribution in [2.75, 3.05) is 11.9 Å². The second-order valence-corrected chi connectivity index (χ2v) is 5.87. The highest BCUT2D eigenvalue weighted by Crippen LogP contribution is 2.21. The van der Waals surface area contributed by atoms with Crippen molar-refractivity contribution in [3.8, 4) is 0 Å². The van der Waals surface area contributed by atoms with Gasteiger partial charge < -0.3 is 10.6 Å². The quantitative estimate of drug-likeness (QED) is 0.602. The average molecular weight is 327 g/mol. The van der Waals surface area contributed by atoms with Crippen LogP contribution in [0.1, 0.15) is 25.5 Å². The van der Waals surface area contributed by atoms with E-state index in [1.807, 2.05) is 30.3 Å². The maximum atomic E-state index is 12.1. The molecule has 126 valence electrons. The standard InChI is InChI=1S/C18H21N3O3/c1-13(2)18(14-7-4-3-5-8-14)19-12-17(22)20-15-9-6-10-16(11-15)21(23)24/h3-11,13,18-19H,12H2,1-2H3,(H,20,22)/t18-/m0/s1. The van der Waals surface area contributed by atoms with Gasteiger partial charge in [0.2, 0.25) is 5.91 Å². The molecule has 24 heavy (non-hydrogen) atoms. The van der Waals surface area contributed by atoms with E-state index in [9.17, 15) is 14.9 Å². The highest BCUT2D eigenvalue weighted by molar-refractivity contribution is 5.92. The van der Waals surface area contributed by atoms with Crippen molar-refractivity contribution in [2.24, 2.45) is 5.92 Å². The molecule has 0 aromatic heterocycles. The van der Waals surface area contributed by atoms with Gasteiger partial charge in [0.05, 0.1) is 11.5 Å². The molecule has 0 aliphatic heterocycles. The lowest BCUT2D eigenvalue weighted by Gasteiger charge is -2.22. The van der Waals surface area contributed by atoms with Crippen molar-refractivity contribution in [1.29, 1.82) is 0 Å². The van der Waals surface area contributed by atoms with Crippen LogP contribution < -0.4 is 10.6 Å². The zero-order valence-electron chi connectivity index (χ0n) is 13.7. The van der Waals surface area contributed by atoms with Crippen molar-refractivity contribution in [3.05, 3.63) is 70.3 Å². The Morgan fingerprint density at radius 1 is 1.12 bits per heavy atom. The van der Waals surface area contributed by atoms with Gasteiger partial charge in [-0.1, -0.05) is 50.2 Å². The number of nitrogens with one attached hydrogen (secondary N) is 2. The molecule has 0 fully saturated rings. The van der Waals surface area contributed by atoms with E-state index in [0.717, 1.165) is 5.56 Å². The maximum absolute atomic E-state index is 12.1. The van der Waals surface area contributed by atoms with Gasteiger partial charge in [0.15, 0.2) is 0 Å². The number of nitro groups is 1. The average Bonchev–Trinajstić information content (AvgIpc) is 2.56. The Morgan fingerprint density at radius 3 is 2.46 bits per heavy atom. The zero-order valence-corrected chi connectivity index (χ0v) is 13.7. The third kappa shape index (κ3) is 4.89. The van der Waals surface area contributed by atoms with E-state index in [2.05, 4.69) is 24.5 Å². The molecule has 0 aliphatic rings. The van der Waals surface area contributed by atoms with Gasteiger partial charge in [-0.3, -0.25) is 14.9 Å². The molecule has 1 atom stereocenters. The van der Waals surface area contributed by atoms with E-state index in [1.54, 1.807) is 12.1 Å². The Bertz CT molecular complexity index is 702. The van der Waals surface area contributed by atoms with Gasteiger partial charge in [-0.25, -0.2) is 0 Å². The topological polar surface area (TPSA) is 84.3 Å². The van der Waals surface area contributed by atoms with Crippen LogP contribution in [0.4, 0.5) is 11.4 Å². The van der Waals surface area contributed by atoms with Gasteiger partial charge in [-0.05, 0) is 17.5 Å². The molecule has 6 nitrogen and oxygen atoms in total. The summed E-state index contributed by atoms with van der Waals surface area (Å²) in [6.07, 6.45) is 0. The van der Waals surface area contributed by atoms with Crippen LogP contribution in [-0.2, 0) is 4.79 Å². The van der Waals surface area contributed by atoms with Crippen molar-refractivity contribution in [2.45, 2.75) is 19.9 Å². The summed E-state index contributed by atoms with van der Waals surface area (Å²) in [5.74, 6) is 0.0788. The minimum Gasteiger partial charge on any atom is -0.325 e. The Balaban J connectivity index is 1.96. The normalized spacial score (nSPS) is 12.0. The fourth-order valence-electron chi connectivity index (χ4n) is 2.50. The van der Waals surface area contributed by atoms with Crippen LogP contribution >= 0.6 is 0 Å². The Labute approximate surface area is 141 Å². The number of carbonyl (C=O) groups excluding carboxylic acids is 1. The van der Waals surface area contributed by atoms with Gasteiger partial charge in [0.25, 0.3) is 5.69 Å². The number of hydrogen-bond donors (Lipinski definition) is 2. The number of carbonyl (C=O) groups is 1.